The van der Waals surface area contributed by atoms with Gasteiger partial charge in [-0.2, -0.15) is 0 Å². The number of hydrogen-bond acceptors (Lipinski definition) is 5. The Hall–Kier alpha value is -3.14. The Morgan fingerprint density at radius 3 is 2.58 bits per heavy atom. The van der Waals surface area contributed by atoms with Gasteiger partial charge >= 0.3 is 5.97 Å². The molecule has 1 heterocycles. The maximum atomic E-state index is 13.6. The Morgan fingerprint density at radius 1 is 1.23 bits per heavy atom. The molecular formula is C16H13FN2O6S. The first-order valence-corrected chi connectivity index (χ1v) is 8.76. The molecule has 0 bridgehead atoms. The topological polar surface area (TPSA) is 127 Å². The fraction of sp³-hybridized carbons (Fsp3) is 0.125. The van der Waals surface area contributed by atoms with Crippen LogP contribution in [0.4, 0.5) is 10.1 Å². The van der Waals surface area contributed by atoms with Gasteiger partial charge < -0.3 is 15.6 Å². The lowest BCUT2D eigenvalue weighted by atomic mass is 10.2. The number of rotatable bonds is 4. The van der Waals surface area contributed by atoms with Crippen molar-refractivity contribution in [3.8, 4) is 5.75 Å². The molecule has 1 aliphatic heterocycles. The molecule has 1 aliphatic rings. The molecule has 26 heavy (non-hydrogen) atoms. The lowest BCUT2D eigenvalue weighted by Gasteiger charge is -2.34. The van der Waals surface area contributed by atoms with Gasteiger partial charge in [0.05, 0.1) is 22.7 Å². The smallest absolute Gasteiger partial charge is 0.338 e. The molecule has 0 saturated carbocycles. The molecule has 136 valence electrons. The first-order valence-electron chi connectivity index (χ1n) is 7.32. The predicted molar refractivity (Wildman–Crippen MR) is 87.9 cm³/mol. The zero-order valence-corrected chi connectivity index (χ0v) is 13.9. The summed E-state index contributed by atoms with van der Waals surface area (Å²) >= 11 is 0. The Morgan fingerprint density at radius 2 is 1.92 bits per heavy atom. The number of amides is 1. The molecule has 3 rings (SSSR count). The van der Waals surface area contributed by atoms with Crippen molar-refractivity contribution in [1.82, 2.24) is 0 Å². The molecule has 0 spiro atoms. The molecule has 10 heteroatoms. The number of para-hydroxylation sites is 2. The zero-order valence-electron chi connectivity index (χ0n) is 13.1. The number of carboxylic acid groups (broad SMARTS) is 1. The summed E-state index contributed by atoms with van der Waals surface area (Å²) in [6, 6.07) is 8.54. The highest BCUT2D eigenvalue weighted by molar-refractivity contribution is 7.92. The molecule has 0 radical (unpaired) electrons. The zero-order chi connectivity index (χ0) is 19.1. The summed E-state index contributed by atoms with van der Waals surface area (Å²) in [5, 5.41) is 9.01. The molecule has 2 aromatic carbocycles. The monoisotopic (exact) mass is 380 g/mol. The van der Waals surface area contributed by atoms with E-state index in [-0.39, 0.29) is 11.4 Å². The molecule has 8 nitrogen and oxygen atoms in total. The third-order valence-electron chi connectivity index (χ3n) is 3.81. The van der Waals surface area contributed by atoms with Gasteiger partial charge in [0, 0.05) is 0 Å². The average molecular weight is 380 g/mol. The number of primary amides is 1. The lowest BCUT2D eigenvalue weighted by molar-refractivity contribution is -0.124. The molecule has 0 unspecified atom stereocenters. The van der Waals surface area contributed by atoms with E-state index in [0.717, 1.165) is 22.5 Å². The van der Waals surface area contributed by atoms with E-state index >= 15 is 0 Å². The maximum Gasteiger partial charge on any atom is 0.338 e. The van der Waals surface area contributed by atoms with Gasteiger partial charge in [-0.15, -0.1) is 0 Å². The summed E-state index contributed by atoms with van der Waals surface area (Å²) in [7, 11) is -4.30. The van der Waals surface area contributed by atoms with Gasteiger partial charge in [0.1, 0.15) is 11.6 Å². The second-order valence-electron chi connectivity index (χ2n) is 5.46. The molecule has 0 saturated heterocycles. The van der Waals surface area contributed by atoms with E-state index in [0.29, 0.717) is 0 Å². The Bertz CT molecular complexity index is 1010. The van der Waals surface area contributed by atoms with Crippen molar-refractivity contribution in [3.63, 3.8) is 0 Å². The quantitative estimate of drug-likeness (QED) is 0.814. The van der Waals surface area contributed by atoms with Crippen LogP contribution in [0, 0.1) is 5.82 Å². The standard InChI is InChI=1S/C16H13FN2O6S/c17-11-6-5-9(7-10(11)16(21)22)26(23,24)19-8-14(15(18)20)25-13-4-2-1-3-12(13)19/h1-7,14H,8H2,(H2,18,20)(H,21,22)/t14-/m0/s1. The molecule has 3 N–H and O–H groups in total. The van der Waals surface area contributed by atoms with Crippen molar-refractivity contribution in [1.29, 1.82) is 0 Å². The second kappa shape index (κ2) is 6.30. The second-order valence-corrected chi connectivity index (χ2v) is 7.32. The van der Waals surface area contributed by atoms with Crippen LogP contribution in [0.2, 0.25) is 0 Å². The summed E-state index contributed by atoms with van der Waals surface area (Å²) in [6.45, 7) is -0.394. The van der Waals surface area contributed by atoms with Gasteiger partial charge in [0.15, 0.2) is 6.10 Å². The largest absolute Gasteiger partial charge is 0.478 e. The van der Waals surface area contributed by atoms with E-state index in [1.54, 1.807) is 12.1 Å². The highest BCUT2D eigenvalue weighted by Gasteiger charge is 2.37. The molecule has 1 atom stereocenters. The van der Waals surface area contributed by atoms with Crippen LogP contribution >= 0.6 is 0 Å². The summed E-state index contributed by atoms with van der Waals surface area (Å²) in [6.07, 6.45) is -1.22. The number of ether oxygens (including phenoxy) is 1. The summed E-state index contributed by atoms with van der Waals surface area (Å²) < 4.78 is 45.9. The van der Waals surface area contributed by atoms with E-state index < -0.39 is 50.8 Å². The van der Waals surface area contributed by atoms with Crippen LogP contribution in [0.15, 0.2) is 47.4 Å². The van der Waals surface area contributed by atoms with E-state index in [2.05, 4.69) is 0 Å². The van der Waals surface area contributed by atoms with Crippen molar-refractivity contribution in [2.24, 2.45) is 5.73 Å². The molecular weight excluding hydrogens is 367 g/mol. The predicted octanol–water partition coefficient (Wildman–Crippen LogP) is 0.966. The van der Waals surface area contributed by atoms with Gasteiger partial charge in [0.25, 0.3) is 15.9 Å². The van der Waals surface area contributed by atoms with Crippen LogP contribution in [0.25, 0.3) is 0 Å². The number of benzene rings is 2. The normalized spacial score (nSPS) is 16.5. The summed E-state index contributed by atoms with van der Waals surface area (Å²) in [5.74, 6) is -3.39. The molecule has 0 aliphatic carbocycles. The Labute approximate surface area is 147 Å². The van der Waals surface area contributed by atoms with Crippen molar-refractivity contribution in [2.45, 2.75) is 11.0 Å². The highest BCUT2D eigenvalue weighted by atomic mass is 32.2. The number of fused-ring (bicyclic) bond motifs is 1. The van der Waals surface area contributed by atoms with Gasteiger partial charge in [-0.3, -0.25) is 9.10 Å². The van der Waals surface area contributed by atoms with Crippen LogP contribution in [0.1, 0.15) is 10.4 Å². The minimum Gasteiger partial charge on any atom is -0.478 e. The first-order chi connectivity index (χ1) is 12.2. The van der Waals surface area contributed by atoms with Gasteiger partial charge in [0.2, 0.25) is 0 Å². The van der Waals surface area contributed by atoms with Crippen LogP contribution in [0.3, 0.4) is 0 Å². The van der Waals surface area contributed by atoms with Gasteiger partial charge in [-0.1, -0.05) is 12.1 Å². The van der Waals surface area contributed by atoms with Crippen molar-refractivity contribution in [2.75, 3.05) is 10.8 Å². The number of halogens is 1. The van der Waals surface area contributed by atoms with Crippen LogP contribution < -0.4 is 14.8 Å². The highest BCUT2D eigenvalue weighted by Crippen LogP contribution is 2.36. The summed E-state index contributed by atoms with van der Waals surface area (Å²) in [4.78, 5) is 22.2. The molecule has 0 fully saturated rings. The van der Waals surface area contributed by atoms with Crippen LogP contribution in [-0.4, -0.2) is 38.0 Å². The van der Waals surface area contributed by atoms with E-state index in [4.69, 9.17) is 15.6 Å². The minimum absolute atomic E-state index is 0.131. The van der Waals surface area contributed by atoms with Crippen molar-refractivity contribution < 1.29 is 32.2 Å². The van der Waals surface area contributed by atoms with Crippen LogP contribution in [-0.2, 0) is 14.8 Å². The SMILES string of the molecule is NC(=O)[C@@H]1CN(S(=O)(=O)c2ccc(F)c(C(=O)O)c2)c2ccccc2O1. The number of carbonyl (C=O) groups excluding carboxylic acids is 1. The fourth-order valence-electron chi connectivity index (χ4n) is 2.53. The lowest BCUT2D eigenvalue weighted by Crippen LogP contribution is -2.49. The number of anilines is 1. The van der Waals surface area contributed by atoms with Crippen LogP contribution in [0.5, 0.6) is 5.75 Å². The third kappa shape index (κ3) is 2.94. The molecule has 2 aromatic rings. The Kier molecular flexibility index (Phi) is 4.28. The number of hydrogen-bond donors (Lipinski definition) is 2. The number of aromatic carboxylic acids is 1. The van der Waals surface area contributed by atoms with Crippen molar-refractivity contribution >= 4 is 27.6 Å². The minimum atomic E-state index is -4.30. The summed E-state index contributed by atoms with van der Waals surface area (Å²) in [5.41, 5.74) is 4.62. The van der Waals surface area contributed by atoms with E-state index in [1.807, 2.05) is 0 Å². The van der Waals surface area contributed by atoms with E-state index in [9.17, 15) is 22.4 Å². The number of sulfonamides is 1. The number of nitrogens with zero attached hydrogens (tertiary/aromatic N) is 1. The first kappa shape index (κ1) is 17.7. The number of carboxylic acids is 1. The van der Waals surface area contributed by atoms with Gasteiger partial charge in [-0.25, -0.2) is 17.6 Å². The third-order valence-corrected chi connectivity index (χ3v) is 5.58. The van der Waals surface area contributed by atoms with E-state index in [1.165, 1.54) is 12.1 Å². The molecule has 1 amide bonds. The van der Waals surface area contributed by atoms with Crippen molar-refractivity contribution in [3.05, 3.63) is 53.8 Å². The Balaban J connectivity index is 2.13. The average Bonchev–Trinajstić information content (AvgIpc) is 2.60. The number of nitrogens with two attached hydrogens (primary N) is 1. The number of carbonyl (C=O) groups is 2. The fourth-order valence-corrected chi connectivity index (χ4v) is 4.04. The van der Waals surface area contributed by atoms with Gasteiger partial charge in [-0.05, 0) is 30.3 Å². The molecule has 0 aromatic heterocycles. The maximum absolute atomic E-state index is 13.6.